The molecule has 0 radical (unpaired) electrons. The van der Waals surface area contributed by atoms with Crippen LogP contribution in [-0.2, 0) is 19.1 Å². The minimum Gasteiger partial charge on any atom is -0.464 e. The van der Waals surface area contributed by atoms with Crippen LogP contribution < -0.4 is 0 Å². The molecule has 0 N–H and O–H groups in total. The van der Waals surface area contributed by atoms with Gasteiger partial charge >= 0.3 is 12.1 Å². The van der Waals surface area contributed by atoms with E-state index in [-0.39, 0.29) is 18.8 Å². The average Bonchev–Trinajstić information content (AvgIpc) is 2.26. The fraction of sp³-hybridized carbons (Fsp3) is 0.769. The molecule has 0 aromatic heterocycles. The van der Waals surface area contributed by atoms with Crippen molar-refractivity contribution in [1.82, 2.24) is 4.90 Å². The molecular formula is C13H21NO5. The van der Waals surface area contributed by atoms with Crippen molar-refractivity contribution in [2.45, 2.75) is 52.2 Å². The molecule has 0 spiro atoms. The number of amides is 1. The van der Waals surface area contributed by atoms with Gasteiger partial charge in [0.1, 0.15) is 5.60 Å². The molecule has 0 bridgehead atoms. The highest BCUT2D eigenvalue weighted by molar-refractivity contribution is 6.05. The molecule has 0 unspecified atom stereocenters. The second-order valence-electron chi connectivity index (χ2n) is 5.40. The molecule has 108 valence electrons. The maximum absolute atomic E-state index is 12.0. The molecule has 1 saturated heterocycles. The van der Waals surface area contributed by atoms with E-state index in [4.69, 9.17) is 9.47 Å². The van der Waals surface area contributed by atoms with E-state index >= 15 is 0 Å². The van der Waals surface area contributed by atoms with Gasteiger partial charge in [0, 0.05) is 13.0 Å². The smallest absolute Gasteiger partial charge is 0.411 e. The number of carbonyl (C=O) groups is 3. The van der Waals surface area contributed by atoms with Crippen LogP contribution in [0.25, 0.3) is 0 Å². The zero-order valence-corrected chi connectivity index (χ0v) is 11.9. The van der Waals surface area contributed by atoms with E-state index in [0.29, 0.717) is 13.0 Å². The first kappa shape index (κ1) is 15.5. The monoisotopic (exact) mass is 271 g/mol. The molecule has 1 heterocycles. The van der Waals surface area contributed by atoms with Gasteiger partial charge in [-0.3, -0.25) is 9.69 Å². The third-order valence-corrected chi connectivity index (χ3v) is 2.58. The molecule has 0 aromatic rings. The molecule has 0 aromatic carbocycles. The summed E-state index contributed by atoms with van der Waals surface area (Å²) in [6.45, 7) is 7.35. The predicted molar refractivity (Wildman–Crippen MR) is 67.6 cm³/mol. The van der Waals surface area contributed by atoms with E-state index in [1.807, 2.05) is 0 Å². The fourth-order valence-corrected chi connectivity index (χ4v) is 1.86. The number of hydrogen-bond donors (Lipinski definition) is 0. The molecule has 6 heteroatoms. The van der Waals surface area contributed by atoms with Crippen molar-refractivity contribution in [1.29, 1.82) is 0 Å². The molecular weight excluding hydrogens is 250 g/mol. The summed E-state index contributed by atoms with van der Waals surface area (Å²) >= 11 is 0. The summed E-state index contributed by atoms with van der Waals surface area (Å²) in [5, 5.41) is 0. The van der Waals surface area contributed by atoms with Crippen LogP contribution in [0.2, 0.25) is 0 Å². The number of likely N-dealkylation sites (tertiary alicyclic amines) is 1. The molecule has 1 rings (SSSR count). The van der Waals surface area contributed by atoms with Crippen molar-refractivity contribution < 1.29 is 23.9 Å². The standard InChI is InChI=1S/C13H21NO5/c1-5-18-11(16)10-9(15)7-6-8-14(10)12(17)19-13(2,3)4/h10H,5-8H2,1-4H3/t10-/m1/s1. The van der Waals surface area contributed by atoms with Gasteiger partial charge in [-0.15, -0.1) is 0 Å². The summed E-state index contributed by atoms with van der Waals surface area (Å²) in [6, 6.07) is -1.16. The highest BCUT2D eigenvalue weighted by Crippen LogP contribution is 2.19. The Morgan fingerprint density at radius 3 is 2.53 bits per heavy atom. The van der Waals surface area contributed by atoms with Gasteiger partial charge < -0.3 is 9.47 Å². The summed E-state index contributed by atoms with van der Waals surface area (Å²) in [7, 11) is 0. The first-order chi connectivity index (χ1) is 8.76. The van der Waals surface area contributed by atoms with Gasteiger partial charge in [0.25, 0.3) is 0 Å². The Morgan fingerprint density at radius 2 is 2.00 bits per heavy atom. The van der Waals surface area contributed by atoms with Crippen molar-refractivity contribution in [2.75, 3.05) is 13.2 Å². The number of Topliss-reactive ketones (excluding diaryl/α,β-unsaturated/α-hetero) is 1. The van der Waals surface area contributed by atoms with Gasteiger partial charge in [0.05, 0.1) is 6.61 Å². The van der Waals surface area contributed by atoms with Gasteiger partial charge in [0.2, 0.25) is 0 Å². The van der Waals surface area contributed by atoms with E-state index in [1.165, 1.54) is 0 Å². The Balaban J connectivity index is 2.85. The Kier molecular flexibility index (Phi) is 4.91. The minimum absolute atomic E-state index is 0.171. The second-order valence-corrected chi connectivity index (χ2v) is 5.40. The Bertz CT molecular complexity index is 372. The fourth-order valence-electron chi connectivity index (χ4n) is 1.86. The third kappa shape index (κ3) is 4.22. The molecule has 1 aliphatic heterocycles. The topological polar surface area (TPSA) is 72.9 Å². The zero-order valence-electron chi connectivity index (χ0n) is 11.9. The molecule has 1 atom stereocenters. The SMILES string of the molecule is CCOC(=O)[C@H]1C(=O)CCCN1C(=O)OC(C)(C)C. The van der Waals surface area contributed by atoms with Gasteiger partial charge in [-0.2, -0.15) is 0 Å². The molecule has 1 amide bonds. The Labute approximate surface area is 113 Å². The van der Waals surface area contributed by atoms with Crippen LogP contribution in [0.4, 0.5) is 4.79 Å². The van der Waals surface area contributed by atoms with Crippen molar-refractivity contribution in [2.24, 2.45) is 0 Å². The van der Waals surface area contributed by atoms with Gasteiger partial charge in [-0.05, 0) is 34.1 Å². The van der Waals surface area contributed by atoms with Gasteiger partial charge in [-0.1, -0.05) is 0 Å². The quantitative estimate of drug-likeness (QED) is 0.562. The van der Waals surface area contributed by atoms with Crippen LogP contribution in [0.3, 0.4) is 0 Å². The summed E-state index contributed by atoms with van der Waals surface area (Å²) in [6.07, 6.45) is 0.162. The number of piperidine rings is 1. The highest BCUT2D eigenvalue weighted by Gasteiger charge is 2.41. The summed E-state index contributed by atoms with van der Waals surface area (Å²) in [4.78, 5) is 36.8. The van der Waals surface area contributed by atoms with Gasteiger partial charge in [-0.25, -0.2) is 9.59 Å². The van der Waals surface area contributed by atoms with Crippen molar-refractivity contribution in [3.63, 3.8) is 0 Å². The largest absolute Gasteiger partial charge is 0.464 e. The number of carbonyl (C=O) groups excluding carboxylic acids is 3. The summed E-state index contributed by atoms with van der Waals surface area (Å²) in [5.41, 5.74) is -0.670. The summed E-state index contributed by atoms with van der Waals surface area (Å²) < 4.78 is 10.1. The van der Waals surface area contributed by atoms with Crippen LogP contribution in [-0.4, -0.2) is 47.5 Å². The maximum Gasteiger partial charge on any atom is 0.411 e. The number of rotatable bonds is 2. The lowest BCUT2D eigenvalue weighted by Crippen LogP contribution is -2.54. The lowest BCUT2D eigenvalue weighted by molar-refractivity contribution is -0.154. The lowest BCUT2D eigenvalue weighted by Gasteiger charge is -2.34. The predicted octanol–water partition coefficient (Wildman–Crippen LogP) is 1.52. The van der Waals surface area contributed by atoms with Gasteiger partial charge in [0.15, 0.2) is 11.8 Å². The molecule has 0 aliphatic carbocycles. The summed E-state index contributed by atoms with van der Waals surface area (Å²) in [5.74, 6) is -0.978. The van der Waals surface area contributed by atoms with Crippen molar-refractivity contribution >= 4 is 17.8 Å². The first-order valence-corrected chi connectivity index (χ1v) is 6.45. The third-order valence-electron chi connectivity index (χ3n) is 2.58. The molecule has 19 heavy (non-hydrogen) atoms. The van der Waals surface area contributed by atoms with E-state index in [1.54, 1.807) is 27.7 Å². The molecule has 0 saturated carbocycles. The average molecular weight is 271 g/mol. The van der Waals surface area contributed by atoms with Crippen LogP contribution in [0.1, 0.15) is 40.5 Å². The maximum atomic E-state index is 12.0. The normalized spacial score (nSPS) is 20.1. The van der Waals surface area contributed by atoms with Crippen LogP contribution >= 0.6 is 0 Å². The second kappa shape index (κ2) is 6.04. The zero-order chi connectivity index (χ0) is 14.6. The number of ketones is 1. The number of esters is 1. The number of hydrogen-bond acceptors (Lipinski definition) is 5. The lowest BCUT2D eigenvalue weighted by atomic mass is 10.0. The van der Waals surface area contributed by atoms with E-state index in [0.717, 1.165) is 4.90 Å². The van der Waals surface area contributed by atoms with E-state index in [9.17, 15) is 14.4 Å². The van der Waals surface area contributed by atoms with Crippen LogP contribution in [0.15, 0.2) is 0 Å². The van der Waals surface area contributed by atoms with Crippen LogP contribution in [0.5, 0.6) is 0 Å². The molecule has 1 fully saturated rings. The highest BCUT2D eigenvalue weighted by atomic mass is 16.6. The Hall–Kier alpha value is -1.59. The molecule has 6 nitrogen and oxygen atoms in total. The minimum atomic E-state index is -1.16. The number of ether oxygens (including phenoxy) is 2. The van der Waals surface area contributed by atoms with Crippen molar-refractivity contribution in [3.8, 4) is 0 Å². The number of nitrogens with zero attached hydrogens (tertiary/aromatic N) is 1. The van der Waals surface area contributed by atoms with Crippen LogP contribution in [0, 0.1) is 0 Å². The molecule has 1 aliphatic rings. The first-order valence-electron chi connectivity index (χ1n) is 6.45. The van der Waals surface area contributed by atoms with E-state index in [2.05, 4.69) is 0 Å². The van der Waals surface area contributed by atoms with Crippen molar-refractivity contribution in [3.05, 3.63) is 0 Å². The van der Waals surface area contributed by atoms with E-state index < -0.39 is 23.7 Å². The Morgan fingerprint density at radius 1 is 1.37 bits per heavy atom.